The smallest absolute Gasteiger partial charge is 0.128 e. The second-order valence-electron chi connectivity index (χ2n) is 1.41. The number of rotatable bonds is 2. The Hall–Kier alpha value is -0.520. The lowest BCUT2D eigenvalue weighted by molar-refractivity contribution is 0.173. The lowest BCUT2D eigenvalue weighted by Gasteiger charge is -1.81. The largest absolute Gasteiger partial charge is 0.292 e. The number of hydrogen-bond acceptors (Lipinski definition) is 2. The Morgan fingerprint density at radius 2 is 2.25 bits per heavy atom. The molecule has 0 aromatic heterocycles. The Balaban J connectivity index is 2.95. The lowest BCUT2D eigenvalue weighted by Crippen LogP contribution is -1.97. The van der Waals surface area contributed by atoms with E-state index in [-0.39, 0.29) is 0 Å². The molecule has 0 rings (SSSR count). The van der Waals surface area contributed by atoms with Crippen LogP contribution in [0.4, 0.5) is 0 Å². The quantitative estimate of drug-likeness (QED) is 0.422. The van der Waals surface area contributed by atoms with Crippen molar-refractivity contribution in [2.75, 3.05) is 6.61 Å². The minimum atomic E-state index is 0.347. The summed E-state index contributed by atoms with van der Waals surface area (Å²) in [5.74, 6) is 10.3. The van der Waals surface area contributed by atoms with E-state index >= 15 is 0 Å². The van der Waals surface area contributed by atoms with Crippen LogP contribution in [0, 0.1) is 11.8 Å². The van der Waals surface area contributed by atoms with Gasteiger partial charge in [-0.05, 0) is 6.42 Å². The monoisotopic (exact) mass is 113 g/mol. The number of hydrogen-bond donors (Lipinski definition) is 1. The summed E-state index contributed by atoms with van der Waals surface area (Å²) in [4.78, 5) is 4.21. The molecule has 0 aromatic rings. The van der Waals surface area contributed by atoms with Crippen molar-refractivity contribution in [3.8, 4) is 11.8 Å². The average Bonchev–Trinajstić information content (AvgIpc) is 1.81. The van der Waals surface area contributed by atoms with Gasteiger partial charge in [-0.3, -0.25) is 4.84 Å². The van der Waals surface area contributed by atoms with Crippen molar-refractivity contribution in [1.82, 2.24) is 0 Å². The van der Waals surface area contributed by atoms with Crippen LogP contribution in [0.1, 0.15) is 19.8 Å². The van der Waals surface area contributed by atoms with Crippen LogP contribution in [0.15, 0.2) is 0 Å². The highest BCUT2D eigenvalue weighted by molar-refractivity contribution is 4.98. The normalized spacial score (nSPS) is 7.75. The van der Waals surface area contributed by atoms with Gasteiger partial charge in [0.15, 0.2) is 0 Å². The number of nitrogens with two attached hydrogens (primary N) is 1. The van der Waals surface area contributed by atoms with Gasteiger partial charge in [0.2, 0.25) is 0 Å². The zero-order valence-electron chi connectivity index (χ0n) is 5.11. The third-order valence-electron chi connectivity index (χ3n) is 0.656. The van der Waals surface area contributed by atoms with Crippen LogP contribution in [0.25, 0.3) is 0 Å². The van der Waals surface area contributed by atoms with E-state index in [1.807, 2.05) is 0 Å². The summed E-state index contributed by atoms with van der Waals surface area (Å²) >= 11 is 0. The number of unbranched alkanes of at least 4 members (excludes halogenated alkanes) is 1. The molecule has 0 spiro atoms. The summed E-state index contributed by atoms with van der Waals surface area (Å²) in [6.07, 6.45) is 2.03. The molecular formula is C6H11NO. The fourth-order valence-electron chi connectivity index (χ4n) is 0.306. The van der Waals surface area contributed by atoms with Gasteiger partial charge < -0.3 is 0 Å². The Morgan fingerprint density at radius 1 is 1.50 bits per heavy atom. The Kier molecular flexibility index (Phi) is 6.06. The third-order valence-corrected chi connectivity index (χ3v) is 0.656. The maximum absolute atomic E-state index is 4.71. The van der Waals surface area contributed by atoms with E-state index in [2.05, 4.69) is 23.6 Å². The zero-order chi connectivity index (χ0) is 6.24. The summed E-state index contributed by atoms with van der Waals surface area (Å²) in [6, 6.07) is 0. The molecular weight excluding hydrogens is 102 g/mol. The Bertz CT molecular complexity index is 80.4. The second kappa shape index (κ2) is 6.48. The van der Waals surface area contributed by atoms with Crippen LogP contribution in [-0.2, 0) is 4.84 Å². The van der Waals surface area contributed by atoms with Gasteiger partial charge in [-0.25, -0.2) is 5.90 Å². The second-order valence-corrected chi connectivity index (χ2v) is 1.41. The SMILES string of the molecule is CCCC#CCON. The third kappa shape index (κ3) is 5.48. The first-order valence-electron chi connectivity index (χ1n) is 2.69. The fourth-order valence-corrected chi connectivity index (χ4v) is 0.306. The van der Waals surface area contributed by atoms with Crippen LogP contribution in [-0.4, -0.2) is 6.61 Å². The van der Waals surface area contributed by atoms with Gasteiger partial charge in [0.25, 0.3) is 0 Å². The Morgan fingerprint density at radius 3 is 2.75 bits per heavy atom. The molecule has 0 amide bonds. The van der Waals surface area contributed by atoms with Gasteiger partial charge in [-0.2, -0.15) is 0 Å². The van der Waals surface area contributed by atoms with E-state index in [4.69, 9.17) is 5.90 Å². The average molecular weight is 113 g/mol. The zero-order valence-corrected chi connectivity index (χ0v) is 5.11. The fraction of sp³-hybridized carbons (Fsp3) is 0.667. The van der Waals surface area contributed by atoms with Crippen molar-refractivity contribution in [1.29, 1.82) is 0 Å². The first-order valence-corrected chi connectivity index (χ1v) is 2.69. The summed E-state index contributed by atoms with van der Waals surface area (Å²) in [5.41, 5.74) is 0. The Labute approximate surface area is 50.0 Å². The van der Waals surface area contributed by atoms with Crippen molar-refractivity contribution in [2.24, 2.45) is 5.90 Å². The molecule has 2 nitrogen and oxygen atoms in total. The molecule has 0 saturated carbocycles. The molecule has 0 saturated heterocycles. The van der Waals surface area contributed by atoms with Crippen LogP contribution in [0.5, 0.6) is 0 Å². The van der Waals surface area contributed by atoms with Gasteiger partial charge in [-0.1, -0.05) is 12.8 Å². The van der Waals surface area contributed by atoms with E-state index in [0.29, 0.717) is 6.61 Å². The summed E-state index contributed by atoms with van der Waals surface area (Å²) in [5, 5.41) is 0. The topological polar surface area (TPSA) is 35.2 Å². The molecule has 0 aliphatic rings. The van der Waals surface area contributed by atoms with Crippen molar-refractivity contribution in [2.45, 2.75) is 19.8 Å². The van der Waals surface area contributed by atoms with E-state index in [1.54, 1.807) is 0 Å². The summed E-state index contributed by atoms with van der Waals surface area (Å²) in [7, 11) is 0. The maximum atomic E-state index is 4.71. The van der Waals surface area contributed by atoms with Gasteiger partial charge in [0.05, 0.1) is 0 Å². The highest BCUT2D eigenvalue weighted by atomic mass is 16.6. The van der Waals surface area contributed by atoms with Crippen LogP contribution < -0.4 is 5.90 Å². The molecule has 2 N–H and O–H groups in total. The van der Waals surface area contributed by atoms with Gasteiger partial charge in [-0.15, -0.1) is 5.92 Å². The summed E-state index contributed by atoms with van der Waals surface area (Å²) in [6.45, 7) is 2.43. The lowest BCUT2D eigenvalue weighted by atomic mass is 10.3. The highest BCUT2D eigenvalue weighted by Crippen LogP contribution is 1.79. The molecule has 0 aromatic carbocycles. The first-order chi connectivity index (χ1) is 3.91. The molecule has 0 aliphatic heterocycles. The predicted molar refractivity (Wildman–Crippen MR) is 32.8 cm³/mol. The van der Waals surface area contributed by atoms with Crippen LogP contribution in [0.2, 0.25) is 0 Å². The van der Waals surface area contributed by atoms with Crippen molar-refractivity contribution in [3.05, 3.63) is 0 Å². The standard InChI is InChI=1S/C6H11NO/c1-2-3-4-5-6-8-7/h2-3,6-7H2,1H3. The molecule has 8 heavy (non-hydrogen) atoms. The molecule has 0 heterocycles. The minimum Gasteiger partial charge on any atom is -0.292 e. The van der Waals surface area contributed by atoms with Crippen molar-refractivity contribution >= 4 is 0 Å². The van der Waals surface area contributed by atoms with Crippen LogP contribution in [0.3, 0.4) is 0 Å². The van der Waals surface area contributed by atoms with E-state index in [1.165, 1.54) is 0 Å². The van der Waals surface area contributed by atoms with E-state index in [0.717, 1.165) is 12.8 Å². The molecule has 0 atom stereocenters. The predicted octanol–water partition coefficient (Wildman–Crippen LogP) is 0.680. The molecule has 0 aliphatic carbocycles. The van der Waals surface area contributed by atoms with Crippen molar-refractivity contribution in [3.63, 3.8) is 0 Å². The van der Waals surface area contributed by atoms with Gasteiger partial charge in [0.1, 0.15) is 6.61 Å². The van der Waals surface area contributed by atoms with Crippen LogP contribution >= 0.6 is 0 Å². The molecule has 0 fully saturated rings. The minimum absolute atomic E-state index is 0.347. The molecule has 0 unspecified atom stereocenters. The van der Waals surface area contributed by atoms with Gasteiger partial charge >= 0.3 is 0 Å². The van der Waals surface area contributed by atoms with Gasteiger partial charge in [0, 0.05) is 6.42 Å². The van der Waals surface area contributed by atoms with E-state index in [9.17, 15) is 0 Å². The summed E-state index contributed by atoms with van der Waals surface area (Å²) < 4.78 is 0. The molecule has 2 heteroatoms. The molecule has 0 radical (unpaired) electrons. The highest BCUT2D eigenvalue weighted by Gasteiger charge is 1.69. The first kappa shape index (κ1) is 7.48. The molecule has 0 bridgehead atoms. The van der Waals surface area contributed by atoms with Crippen molar-refractivity contribution < 1.29 is 4.84 Å². The molecule has 46 valence electrons. The van der Waals surface area contributed by atoms with E-state index < -0.39 is 0 Å². The maximum Gasteiger partial charge on any atom is 0.128 e.